The molecule has 0 aliphatic heterocycles. The van der Waals surface area contributed by atoms with Gasteiger partial charge in [0, 0.05) is 49.4 Å². The van der Waals surface area contributed by atoms with Crippen molar-refractivity contribution in [2.24, 2.45) is 0 Å². The number of rotatable bonds is 10. The average molecular weight is 360 g/mol. The number of nitrogens with one attached hydrogen (secondary N) is 2. The lowest BCUT2D eigenvalue weighted by atomic mass is 10.1. The number of aliphatic hydroxyl groups is 1. The molecule has 0 saturated carbocycles. The molecular formula is C17H20N4O5. The molecule has 3 N–H and O–H groups in total. The molecule has 0 radical (unpaired) electrons. The minimum atomic E-state index is -0.736. The molecule has 0 aliphatic carbocycles. The van der Waals surface area contributed by atoms with Crippen LogP contribution in [0.2, 0.25) is 0 Å². The van der Waals surface area contributed by atoms with Crippen LogP contribution in [-0.2, 0) is 13.1 Å². The van der Waals surface area contributed by atoms with Crippen LogP contribution in [0.1, 0.15) is 11.1 Å². The van der Waals surface area contributed by atoms with Crippen molar-refractivity contribution in [2.45, 2.75) is 19.2 Å². The summed E-state index contributed by atoms with van der Waals surface area (Å²) in [7, 11) is 0. The molecule has 0 saturated heterocycles. The maximum atomic E-state index is 10.9. The van der Waals surface area contributed by atoms with Crippen molar-refractivity contribution in [3.63, 3.8) is 0 Å². The molecule has 2 aromatic carbocycles. The Kier molecular flexibility index (Phi) is 7.15. The van der Waals surface area contributed by atoms with Crippen LogP contribution in [-0.4, -0.2) is 34.1 Å². The van der Waals surface area contributed by atoms with Gasteiger partial charge in [0.25, 0.3) is 11.4 Å². The molecule has 0 atom stereocenters. The number of hydrogen-bond acceptors (Lipinski definition) is 7. The van der Waals surface area contributed by atoms with E-state index in [9.17, 15) is 25.3 Å². The van der Waals surface area contributed by atoms with Gasteiger partial charge in [-0.3, -0.25) is 20.2 Å². The third kappa shape index (κ3) is 5.59. The standard InChI is InChI=1S/C17H20N4O5/c22-15(11-18-9-13-5-1-3-7-16(13)20(23)24)12-19-10-14-6-2-4-8-17(14)21(25)26/h1-8,15,18-19,22H,9-12H2. The van der Waals surface area contributed by atoms with Gasteiger partial charge in [-0.1, -0.05) is 36.4 Å². The molecule has 0 unspecified atom stereocenters. The molecule has 138 valence electrons. The lowest BCUT2D eigenvalue weighted by molar-refractivity contribution is -0.385. The second kappa shape index (κ2) is 9.56. The minimum Gasteiger partial charge on any atom is -0.390 e. The fraction of sp³-hybridized carbons (Fsp3) is 0.294. The van der Waals surface area contributed by atoms with E-state index in [0.717, 1.165) is 0 Å². The van der Waals surface area contributed by atoms with Gasteiger partial charge in [-0.15, -0.1) is 0 Å². The summed E-state index contributed by atoms with van der Waals surface area (Å²) >= 11 is 0. The lowest BCUT2D eigenvalue weighted by Gasteiger charge is -2.13. The van der Waals surface area contributed by atoms with E-state index in [-0.39, 0.29) is 37.6 Å². The van der Waals surface area contributed by atoms with Gasteiger partial charge in [0.15, 0.2) is 0 Å². The van der Waals surface area contributed by atoms with E-state index >= 15 is 0 Å². The van der Waals surface area contributed by atoms with Crippen molar-refractivity contribution in [1.29, 1.82) is 0 Å². The highest BCUT2D eigenvalue weighted by molar-refractivity contribution is 5.40. The smallest absolute Gasteiger partial charge is 0.273 e. The van der Waals surface area contributed by atoms with Crippen LogP contribution < -0.4 is 10.6 Å². The maximum absolute atomic E-state index is 10.9. The van der Waals surface area contributed by atoms with Gasteiger partial charge in [0.2, 0.25) is 0 Å². The first kappa shape index (κ1) is 19.4. The molecule has 0 spiro atoms. The zero-order valence-electron chi connectivity index (χ0n) is 14.0. The van der Waals surface area contributed by atoms with Crippen molar-refractivity contribution in [1.82, 2.24) is 10.6 Å². The van der Waals surface area contributed by atoms with Crippen LogP contribution in [0.4, 0.5) is 11.4 Å². The summed E-state index contributed by atoms with van der Waals surface area (Å²) in [6, 6.07) is 12.8. The fourth-order valence-corrected chi connectivity index (χ4v) is 2.50. The Morgan fingerprint density at radius 1 is 0.808 bits per heavy atom. The maximum Gasteiger partial charge on any atom is 0.273 e. The zero-order chi connectivity index (χ0) is 18.9. The summed E-state index contributed by atoms with van der Waals surface area (Å²) in [5, 5.41) is 37.8. The highest BCUT2D eigenvalue weighted by Gasteiger charge is 2.14. The van der Waals surface area contributed by atoms with Gasteiger partial charge in [0.05, 0.1) is 16.0 Å². The summed E-state index contributed by atoms with van der Waals surface area (Å²) in [4.78, 5) is 21.0. The first-order valence-corrected chi connectivity index (χ1v) is 8.03. The number of nitrogens with zero attached hydrogens (tertiary/aromatic N) is 2. The number of para-hydroxylation sites is 2. The van der Waals surface area contributed by atoms with Gasteiger partial charge < -0.3 is 15.7 Å². The van der Waals surface area contributed by atoms with Gasteiger partial charge in [0.1, 0.15) is 0 Å². The van der Waals surface area contributed by atoms with E-state index in [2.05, 4.69) is 10.6 Å². The van der Waals surface area contributed by atoms with E-state index in [0.29, 0.717) is 11.1 Å². The third-order valence-corrected chi connectivity index (χ3v) is 3.77. The summed E-state index contributed by atoms with van der Waals surface area (Å²) < 4.78 is 0. The Hall–Kier alpha value is -2.88. The van der Waals surface area contributed by atoms with Crippen molar-refractivity contribution in [3.05, 3.63) is 79.9 Å². The summed E-state index contributed by atoms with van der Waals surface area (Å²) in [6.07, 6.45) is -0.736. The zero-order valence-corrected chi connectivity index (χ0v) is 14.0. The van der Waals surface area contributed by atoms with Crippen LogP contribution in [0.15, 0.2) is 48.5 Å². The SMILES string of the molecule is O=[N+]([O-])c1ccccc1CNCC(O)CNCc1ccccc1[N+](=O)[O-]. The fourth-order valence-electron chi connectivity index (χ4n) is 2.50. The molecule has 0 aromatic heterocycles. The summed E-state index contributed by atoms with van der Waals surface area (Å²) in [5.41, 5.74) is 1.14. The number of nitro benzene ring substituents is 2. The van der Waals surface area contributed by atoms with Crippen LogP contribution in [0.25, 0.3) is 0 Å². The Bertz CT molecular complexity index is 705. The summed E-state index contributed by atoms with van der Waals surface area (Å²) in [6.45, 7) is 0.989. The normalized spacial score (nSPS) is 10.8. The Morgan fingerprint density at radius 3 is 1.58 bits per heavy atom. The second-order valence-corrected chi connectivity index (χ2v) is 5.69. The molecule has 9 heteroatoms. The number of benzene rings is 2. The molecule has 0 heterocycles. The Balaban J connectivity index is 1.76. The number of aliphatic hydroxyl groups excluding tert-OH is 1. The van der Waals surface area contributed by atoms with Crippen molar-refractivity contribution in [2.75, 3.05) is 13.1 Å². The van der Waals surface area contributed by atoms with Gasteiger partial charge in [-0.2, -0.15) is 0 Å². The van der Waals surface area contributed by atoms with Gasteiger partial charge >= 0.3 is 0 Å². The molecule has 0 amide bonds. The quantitative estimate of drug-likeness (QED) is 0.434. The first-order chi connectivity index (χ1) is 12.5. The monoisotopic (exact) mass is 360 g/mol. The predicted octanol–water partition coefficient (Wildman–Crippen LogP) is 1.74. The van der Waals surface area contributed by atoms with E-state index in [1.807, 2.05) is 0 Å². The van der Waals surface area contributed by atoms with E-state index in [1.54, 1.807) is 36.4 Å². The molecule has 9 nitrogen and oxygen atoms in total. The first-order valence-electron chi connectivity index (χ1n) is 8.03. The molecular weight excluding hydrogens is 340 g/mol. The van der Waals surface area contributed by atoms with E-state index in [4.69, 9.17) is 0 Å². The molecule has 2 rings (SSSR count). The van der Waals surface area contributed by atoms with E-state index < -0.39 is 16.0 Å². The molecule has 2 aromatic rings. The molecule has 0 fully saturated rings. The van der Waals surface area contributed by atoms with Crippen LogP contribution in [0.5, 0.6) is 0 Å². The molecule has 0 aliphatic rings. The van der Waals surface area contributed by atoms with E-state index in [1.165, 1.54) is 12.1 Å². The average Bonchev–Trinajstić information content (AvgIpc) is 2.62. The Morgan fingerprint density at radius 2 is 1.19 bits per heavy atom. The number of nitro groups is 2. The topological polar surface area (TPSA) is 131 Å². The Labute approximate surface area is 150 Å². The highest BCUT2D eigenvalue weighted by atomic mass is 16.6. The van der Waals surface area contributed by atoms with Crippen LogP contribution in [0, 0.1) is 20.2 Å². The summed E-state index contributed by atoms with van der Waals surface area (Å²) in [5.74, 6) is 0. The minimum absolute atomic E-state index is 0.0315. The second-order valence-electron chi connectivity index (χ2n) is 5.69. The van der Waals surface area contributed by atoms with Crippen molar-refractivity contribution in [3.8, 4) is 0 Å². The van der Waals surface area contributed by atoms with Crippen LogP contribution >= 0.6 is 0 Å². The molecule has 26 heavy (non-hydrogen) atoms. The van der Waals surface area contributed by atoms with Crippen molar-refractivity contribution >= 4 is 11.4 Å². The van der Waals surface area contributed by atoms with Gasteiger partial charge in [-0.05, 0) is 0 Å². The highest BCUT2D eigenvalue weighted by Crippen LogP contribution is 2.18. The van der Waals surface area contributed by atoms with Crippen LogP contribution in [0.3, 0.4) is 0 Å². The predicted molar refractivity (Wildman–Crippen MR) is 95.6 cm³/mol. The number of hydrogen-bond donors (Lipinski definition) is 3. The third-order valence-electron chi connectivity index (χ3n) is 3.77. The lowest BCUT2D eigenvalue weighted by Crippen LogP contribution is -2.35. The molecule has 0 bridgehead atoms. The van der Waals surface area contributed by atoms with Crippen molar-refractivity contribution < 1.29 is 15.0 Å². The largest absolute Gasteiger partial charge is 0.390 e. The van der Waals surface area contributed by atoms with Gasteiger partial charge in [-0.25, -0.2) is 0 Å².